The highest BCUT2D eigenvalue weighted by atomic mass is 127. The van der Waals surface area contributed by atoms with E-state index >= 15 is 0 Å². The predicted octanol–water partition coefficient (Wildman–Crippen LogP) is 2.04. The van der Waals surface area contributed by atoms with Crippen molar-refractivity contribution in [3.8, 4) is 5.75 Å². The fourth-order valence-electron chi connectivity index (χ4n) is 2.27. The van der Waals surface area contributed by atoms with Gasteiger partial charge in [-0.15, -0.1) is 0 Å². The lowest BCUT2D eigenvalue weighted by Gasteiger charge is -2.32. The Morgan fingerprint density at radius 2 is 2.05 bits per heavy atom. The van der Waals surface area contributed by atoms with E-state index in [1.165, 1.54) is 0 Å². The molecule has 108 valence electrons. The average molecular weight is 500 g/mol. The Morgan fingerprint density at radius 1 is 1.40 bits per heavy atom. The number of hydrogen-bond acceptors (Lipinski definition) is 3. The molecule has 0 unspecified atom stereocenters. The van der Waals surface area contributed by atoms with E-state index in [1.807, 2.05) is 28.7 Å². The van der Waals surface area contributed by atoms with Gasteiger partial charge in [-0.05, 0) is 63.4 Å². The van der Waals surface area contributed by atoms with Crippen molar-refractivity contribution in [1.29, 1.82) is 0 Å². The Bertz CT molecular complexity index is 539. The van der Waals surface area contributed by atoms with E-state index in [0.29, 0.717) is 3.57 Å². The summed E-state index contributed by atoms with van der Waals surface area (Å²) in [5, 5.41) is 12.2. The number of aromatic hydroxyl groups is 1. The molecular weight excluding hydrogens is 484 g/mol. The van der Waals surface area contributed by atoms with E-state index < -0.39 is 11.6 Å². The van der Waals surface area contributed by atoms with Gasteiger partial charge >= 0.3 is 5.97 Å². The van der Waals surface area contributed by atoms with Gasteiger partial charge in [0, 0.05) is 16.4 Å². The molecule has 2 rings (SSSR count). The van der Waals surface area contributed by atoms with Crippen LogP contribution in [0.4, 0.5) is 0 Å². The molecule has 0 aromatic heterocycles. The molecule has 1 aromatic rings. The summed E-state index contributed by atoms with van der Waals surface area (Å²) in [5.41, 5.74) is -0.387. The van der Waals surface area contributed by atoms with Crippen molar-refractivity contribution in [2.24, 2.45) is 0 Å². The number of phenolic OH excluding ortho intramolecular Hbond substituents is 1. The number of quaternary nitrogens is 1. The lowest BCUT2D eigenvalue weighted by Crippen LogP contribution is -2.87. The van der Waals surface area contributed by atoms with Gasteiger partial charge in [-0.25, -0.2) is 4.79 Å². The summed E-state index contributed by atoms with van der Waals surface area (Å²) in [6, 6.07) is 3.46. The Kier molecular flexibility index (Phi) is 5.30. The zero-order valence-corrected chi connectivity index (χ0v) is 15.2. The van der Waals surface area contributed by atoms with Gasteiger partial charge in [-0.3, -0.25) is 0 Å². The number of piperidine rings is 1. The summed E-state index contributed by atoms with van der Waals surface area (Å²) in [6.07, 6.45) is 3.22. The van der Waals surface area contributed by atoms with E-state index in [9.17, 15) is 9.90 Å². The molecule has 0 spiro atoms. The second-order valence-electron chi connectivity index (χ2n) is 4.81. The number of ether oxygens (including phenoxy) is 1. The van der Waals surface area contributed by atoms with Crippen LogP contribution in [-0.4, -0.2) is 29.8 Å². The largest absolute Gasteiger partial charge is 0.506 e. The van der Waals surface area contributed by atoms with E-state index in [2.05, 4.69) is 34.5 Å². The maximum atomic E-state index is 12.4. The third kappa shape index (κ3) is 3.45. The van der Waals surface area contributed by atoms with E-state index in [4.69, 9.17) is 4.74 Å². The lowest BCUT2D eigenvalue weighted by molar-refractivity contribution is -0.666. The van der Waals surface area contributed by atoms with Gasteiger partial charge in [0.25, 0.3) is 0 Å². The number of hydrogen-bond donors (Lipinski definition) is 2. The molecule has 4 nitrogen and oxygen atoms in total. The predicted molar refractivity (Wildman–Crippen MR) is 92.8 cm³/mol. The van der Waals surface area contributed by atoms with Crippen molar-refractivity contribution in [3.63, 3.8) is 0 Å². The first-order valence-electron chi connectivity index (χ1n) is 6.34. The van der Waals surface area contributed by atoms with Crippen molar-refractivity contribution in [2.75, 3.05) is 13.1 Å². The second kappa shape index (κ2) is 6.61. The molecule has 0 radical (unpaired) electrons. The molecule has 1 aromatic carbocycles. The third-order valence-electron chi connectivity index (χ3n) is 3.46. The Morgan fingerprint density at radius 3 is 2.65 bits per heavy atom. The summed E-state index contributed by atoms with van der Waals surface area (Å²) < 4.78 is 7.20. The molecule has 1 saturated heterocycles. The molecule has 1 aliphatic rings. The first kappa shape index (κ1) is 16.0. The first-order chi connectivity index (χ1) is 9.47. The Labute approximate surface area is 145 Å². The topological polar surface area (TPSA) is 63.1 Å². The monoisotopic (exact) mass is 500 g/mol. The second-order valence-corrected chi connectivity index (χ2v) is 7.22. The van der Waals surface area contributed by atoms with Crippen LogP contribution in [0.1, 0.15) is 23.2 Å². The quantitative estimate of drug-likeness (QED) is 0.380. The molecule has 1 heterocycles. The fraction of sp³-hybridized carbons (Fsp3) is 0.357. The third-order valence-corrected chi connectivity index (χ3v) is 4.90. The normalized spacial score (nSPS) is 17.5. The highest BCUT2D eigenvalue weighted by molar-refractivity contribution is 14.1. The van der Waals surface area contributed by atoms with Crippen molar-refractivity contribution in [3.05, 3.63) is 37.5 Å². The molecule has 0 saturated carbocycles. The highest BCUT2D eigenvalue weighted by Crippen LogP contribution is 2.30. The zero-order valence-electron chi connectivity index (χ0n) is 10.9. The molecular formula is C14H16I2NO3+. The number of rotatable bonds is 3. The van der Waals surface area contributed by atoms with Gasteiger partial charge in [0.05, 0.1) is 16.7 Å². The molecule has 0 atom stereocenters. The molecule has 1 aliphatic heterocycles. The van der Waals surface area contributed by atoms with Crippen LogP contribution in [0.3, 0.4) is 0 Å². The summed E-state index contributed by atoms with van der Waals surface area (Å²) in [4.78, 5) is 12.4. The van der Waals surface area contributed by atoms with Crippen LogP contribution < -0.4 is 5.32 Å². The van der Waals surface area contributed by atoms with Crippen LogP contribution in [0.25, 0.3) is 0 Å². The average Bonchev–Trinajstić information content (AvgIpc) is 2.43. The highest BCUT2D eigenvalue weighted by Gasteiger charge is 2.35. The first-order valence-corrected chi connectivity index (χ1v) is 8.50. The van der Waals surface area contributed by atoms with E-state index in [1.54, 1.807) is 12.1 Å². The minimum atomic E-state index is -0.606. The molecule has 0 amide bonds. The summed E-state index contributed by atoms with van der Waals surface area (Å²) >= 11 is 4.12. The molecule has 0 aliphatic carbocycles. The van der Waals surface area contributed by atoms with Crippen LogP contribution >= 0.6 is 45.2 Å². The number of nitrogens with two attached hydrogens (primary N) is 1. The van der Waals surface area contributed by atoms with Gasteiger partial charge in [0.15, 0.2) is 0 Å². The molecule has 20 heavy (non-hydrogen) atoms. The Hall–Kier alpha value is -0.350. The minimum Gasteiger partial charge on any atom is -0.506 e. The maximum absolute atomic E-state index is 12.4. The molecule has 1 fully saturated rings. The van der Waals surface area contributed by atoms with Crippen molar-refractivity contribution in [1.82, 2.24) is 0 Å². The van der Waals surface area contributed by atoms with Crippen LogP contribution in [0.5, 0.6) is 5.75 Å². The van der Waals surface area contributed by atoms with Crippen LogP contribution in [0.2, 0.25) is 0 Å². The van der Waals surface area contributed by atoms with Gasteiger partial charge < -0.3 is 15.2 Å². The summed E-state index contributed by atoms with van der Waals surface area (Å²) in [6.45, 7) is 5.63. The summed E-state index contributed by atoms with van der Waals surface area (Å²) in [5.74, 6) is -0.502. The van der Waals surface area contributed by atoms with Crippen molar-refractivity contribution < 1.29 is 20.0 Å². The van der Waals surface area contributed by atoms with Crippen LogP contribution in [0, 0.1) is 7.14 Å². The van der Waals surface area contributed by atoms with Crippen molar-refractivity contribution in [2.45, 2.75) is 18.4 Å². The van der Waals surface area contributed by atoms with Gasteiger partial charge in [-0.1, -0.05) is 6.58 Å². The van der Waals surface area contributed by atoms with Crippen LogP contribution in [0.15, 0.2) is 24.8 Å². The minimum absolute atomic E-state index is 0.0161. The zero-order chi connectivity index (χ0) is 14.8. The number of carbonyl (C=O) groups excluding carboxylic acids is 1. The van der Waals surface area contributed by atoms with E-state index in [-0.39, 0.29) is 11.3 Å². The fourth-order valence-corrected chi connectivity index (χ4v) is 4.12. The van der Waals surface area contributed by atoms with Gasteiger partial charge in [0.1, 0.15) is 16.9 Å². The Balaban J connectivity index is 2.25. The van der Waals surface area contributed by atoms with Gasteiger partial charge in [0.2, 0.25) is 0 Å². The lowest BCUT2D eigenvalue weighted by atomic mass is 9.92. The standard InChI is InChI=1S/C14H15I2NO3/c1-2-14(3-5-17-6-4-14)20-13(19)10-7-9(15)8-11(16)12(10)18/h2,7-8,17-18H,1,3-6H2/p+1. The number of carbonyl (C=O) groups is 1. The number of phenols is 1. The molecule has 0 bridgehead atoms. The van der Waals surface area contributed by atoms with E-state index in [0.717, 1.165) is 29.5 Å². The number of esters is 1. The number of benzene rings is 1. The maximum Gasteiger partial charge on any atom is 0.342 e. The van der Waals surface area contributed by atoms with Gasteiger partial charge in [-0.2, -0.15) is 0 Å². The smallest absolute Gasteiger partial charge is 0.342 e. The SMILES string of the molecule is C=CC1(OC(=O)c2cc(I)cc(I)c2O)CC[NH2+]CC1. The molecule has 3 N–H and O–H groups in total. The summed E-state index contributed by atoms with van der Waals surface area (Å²) in [7, 11) is 0. The number of halogens is 2. The molecule has 6 heteroatoms. The van der Waals surface area contributed by atoms with Crippen molar-refractivity contribution >= 4 is 51.2 Å². The van der Waals surface area contributed by atoms with Crippen LogP contribution in [-0.2, 0) is 4.74 Å².